The highest BCUT2D eigenvalue weighted by Crippen LogP contribution is 2.18. The van der Waals surface area contributed by atoms with Crippen molar-refractivity contribution in [2.75, 3.05) is 13.2 Å². The molecule has 3 amide bonds. The number of ether oxygens (including phenoxy) is 1. The van der Waals surface area contributed by atoms with E-state index in [-0.39, 0.29) is 6.10 Å². The zero-order chi connectivity index (χ0) is 12.1. The third-order valence-corrected chi connectivity index (χ3v) is 2.85. The minimum atomic E-state index is -0.709. The molecular formula is C10H17ClN2O3. The number of nitrogens with one attached hydrogen (secondary N) is 2. The quantitative estimate of drug-likeness (QED) is 0.728. The summed E-state index contributed by atoms with van der Waals surface area (Å²) in [5.74, 6) is -0.177. The normalized spacial score (nSPS) is 26.2. The Labute approximate surface area is 99.9 Å². The predicted octanol–water partition coefficient (Wildman–Crippen LogP) is 0.864. The highest BCUT2D eigenvalue weighted by atomic mass is 35.5. The van der Waals surface area contributed by atoms with Crippen LogP contribution < -0.4 is 10.6 Å². The number of halogens is 1. The summed E-state index contributed by atoms with van der Waals surface area (Å²) in [7, 11) is 0. The van der Waals surface area contributed by atoms with Crippen molar-refractivity contribution in [3.8, 4) is 0 Å². The fourth-order valence-corrected chi connectivity index (χ4v) is 1.58. The van der Waals surface area contributed by atoms with Crippen LogP contribution in [0.3, 0.4) is 0 Å². The summed E-state index contributed by atoms with van der Waals surface area (Å²) in [6.45, 7) is 4.73. The van der Waals surface area contributed by atoms with Gasteiger partial charge in [-0.05, 0) is 20.3 Å². The molecule has 1 fully saturated rings. The molecule has 1 saturated heterocycles. The summed E-state index contributed by atoms with van der Waals surface area (Å²) in [6, 6.07) is -0.503. The van der Waals surface area contributed by atoms with E-state index in [0.717, 1.165) is 13.0 Å². The van der Waals surface area contributed by atoms with Gasteiger partial charge in [-0.1, -0.05) is 0 Å². The molecule has 0 radical (unpaired) electrons. The molecule has 0 aromatic heterocycles. The van der Waals surface area contributed by atoms with Gasteiger partial charge in [0.15, 0.2) is 0 Å². The third kappa shape index (κ3) is 3.98. The van der Waals surface area contributed by atoms with Crippen molar-refractivity contribution in [1.82, 2.24) is 10.6 Å². The lowest BCUT2D eigenvalue weighted by atomic mass is 10.0. The first-order chi connectivity index (χ1) is 7.50. The molecule has 2 N–H and O–H groups in total. The van der Waals surface area contributed by atoms with E-state index in [9.17, 15) is 9.59 Å². The topological polar surface area (TPSA) is 67.4 Å². The van der Waals surface area contributed by atoms with Crippen molar-refractivity contribution in [1.29, 1.82) is 0 Å². The first-order valence-corrected chi connectivity index (χ1v) is 5.78. The zero-order valence-corrected chi connectivity index (χ0v) is 10.2. The maximum atomic E-state index is 11.3. The second-order valence-electron chi connectivity index (χ2n) is 3.94. The summed E-state index contributed by atoms with van der Waals surface area (Å²) in [5, 5.41) is 4.08. The van der Waals surface area contributed by atoms with Gasteiger partial charge in [-0.25, -0.2) is 4.79 Å². The molecule has 1 aliphatic rings. The van der Waals surface area contributed by atoms with E-state index in [0.29, 0.717) is 12.5 Å². The molecule has 6 heteroatoms. The Morgan fingerprint density at radius 3 is 2.75 bits per heavy atom. The summed E-state index contributed by atoms with van der Waals surface area (Å²) in [6.07, 6.45) is 1.09. The first-order valence-electron chi connectivity index (χ1n) is 5.35. The molecule has 0 bridgehead atoms. The molecule has 1 aliphatic heterocycles. The van der Waals surface area contributed by atoms with Gasteiger partial charge in [0.1, 0.15) is 5.38 Å². The van der Waals surface area contributed by atoms with Crippen LogP contribution in [0.4, 0.5) is 4.79 Å². The summed E-state index contributed by atoms with van der Waals surface area (Å²) in [5.41, 5.74) is 0. The Balaban J connectivity index is 2.22. The van der Waals surface area contributed by atoms with Crippen LogP contribution in [0.1, 0.15) is 20.3 Å². The van der Waals surface area contributed by atoms with E-state index < -0.39 is 17.3 Å². The minimum absolute atomic E-state index is 0.156. The van der Waals surface area contributed by atoms with E-state index in [1.165, 1.54) is 6.92 Å². The molecule has 3 atom stereocenters. The van der Waals surface area contributed by atoms with Gasteiger partial charge in [0.2, 0.25) is 5.91 Å². The maximum absolute atomic E-state index is 11.3. The van der Waals surface area contributed by atoms with Gasteiger partial charge in [-0.3, -0.25) is 10.1 Å². The molecular weight excluding hydrogens is 232 g/mol. The number of rotatable bonds is 3. The van der Waals surface area contributed by atoms with E-state index in [4.69, 9.17) is 16.3 Å². The zero-order valence-electron chi connectivity index (χ0n) is 9.46. The smallest absolute Gasteiger partial charge is 0.321 e. The molecule has 3 unspecified atom stereocenters. The molecule has 1 rings (SSSR count). The van der Waals surface area contributed by atoms with Gasteiger partial charge in [-0.2, -0.15) is 0 Å². The van der Waals surface area contributed by atoms with Gasteiger partial charge in [0.25, 0.3) is 0 Å². The van der Waals surface area contributed by atoms with Gasteiger partial charge in [0.05, 0.1) is 6.10 Å². The minimum Gasteiger partial charge on any atom is -0.378 e. The lowest BCUT2D eigenvalue weighted by molar-refractivity contribution is -0.119. The van der Waals surface area contributed by atoms with Gasteiger partial charge < -0.3 is 10.1 Å². The third-order valence-electron chi connectivity index (χ3n) is 2.66. The van der Waals surface area contributed by atoms with E-state index >= 15 is 0 Å². The Morgan fingerprint density at radius 1 is 1.56 bits per heavy atom. The van der Waals surface area contributed by atoms with Gasteiger partial charge in [0, 0.05) is 19.1 Å². The standard InChI is InChI=1S/C10H17ClN2O3/c1-6(11)9(14)13-10(15)12-5-8-3-4-16-7(8)2/h6-8H,3-5H2,1-2H3,(H2,12,13,14,15). The molecule has 0 saturated carbocycles. The number of alkyl halides is 1. The van der Waals surface area contributed by atoms with Crippen molar-refractivity contribution in [3.05, 3.63) is 0 Å². The SMILES string of the molecule is CC(Cl)C(=O)NC(=O)NCC1CCOC1C. The Hall–Kier alpha value is -0.810. The van der Waals surface area contributed by atoms with Crippen molar-refractivity contribution in [3.63, 3.8) is 0 Å². The average Bonchev–Trinajstić information content (AvgIpc) is 2.61. The Kier molecular flexibility index (Phi) is 5.02. The van der Waals surface area contributed by atoms with E-state index in [1.807, 2.05) is 6.92 Å². The molecule has 0 aromatic rings. The number of hydrogen-bond donors (Lipinski definition) is 2. The molecule has 0 spiro atoms. The van der Waals surface area contributed by atoms with E-state index in [1.54, 1.807) is 0 Å². The number of carbonyl (C=O) groups excluding carboxylic acids is 2. The van der Waals surface area contributed by atoms with Crippen molar-refractivity contribution in [2.45, 2.75) is 31.7 Å². The van der Waals surface area contributed by atoms with Crippen LogP contribution in [-0.4, -0.2) is 36.6 Å². The van der Waals surface area contributed by atoms with Crippen LogP contribution in [0.2, 0.25) is 0 Å². The maximum Gasteiger partial charge on any atom is 0.321 e. The van der Waals surface area contributed by atoms with E-state index in [2.05, 4.69) is 10.6 Å². The van der Waals surface area contributed by atoms with Gasteiger partial charge >= 0.3 is 6.03 Å². The van der Waals surface area contributed by atoms with Crippen LogP contribution in [0.5, 0.6) is 0 Å². The molecule has 16 heavy (non-hydrogen) atoms. The highest BCUT2D eigenvalue weighted by Gasteiger charge is 2.24. The first kappa shape index (κ1) is 13.3. The van der Waals surface area contributed by atoms with Crippen LogP contribution >= 0.6 is 11.6 Å². The number of carbonyl (C=O) groups is 2. The highest BCUT2D eigenvalue weighted by molar-refractivity contribution is 6.31. The molecule has 92 valence electrons. The lowest BCUT2D eigenvalue weighted by Crippen LogP contribution is -2.44. The number of amides is 3. The summed E-state index contributed by atoms with van der Waals surface area (Å²) in [4.78, 5) is 22.4. The number of imide groups is 1. The monoisotopic (exact) mass is 248 g/mol. The largest absolute Gasteiger partial charge is 0.378 e. The summed E-state index contributed by atoms with van der Waals surface area (Å²) < 4.78 is 5.36. The van der Waals surface area contributed by atoms with Crippen molar-refractivity contribution >= 4 is 23.5 Å². The van der Waals surface area contributed by atoms with Crippen LogP contribution in [0.25, 0.3) is 0 Å². The van der Waals surface area contributed by atoms with Crippen LogP contribution in [-0.2, 0) is 9.53 Å². The molecule has 1 heterocycles. The van der Waals surface area contributed by atoms with Crippen LogP contribution in [0.15, 0.2) is 0 Å². The number of hydrogen-bond acceptors (Lipinski definition) is 3. The van der Waals surface area contributed by atoms with Crippen molar-refractivity contribution < 1.29 is 14.3 Å². The fourth-order valence-electron chi connectivity index (χ4n) is 1.52. The van der Waals surface area contributed by atoms with Gasteiger partial charge in [-0.15, -0.1) is 11.6 Å². The summed E-state index contributed by atoms with van der Waals surface area (Å²) >= 11 is 5.51. The lowest BCUT2D eigenvalue weighted by Gasteiger charge is -2.14. The Bertz CT molecular complexity index is 271. The molecule has 5 nitrogen and oxygen atoms in total. The predicted molar refractivity (Wildman–Crippen MR) is 60.4 cm³/mol. The average molecular weight is 249 g/mol. The number of urea groups is 1. The van der Waals surface area contributed by atoms with Crippen molar-refractivity contribution in [2.24, 2.45) is 5.92 Å². The second-order valence-corrected chi connectivity index (χ2v) is 4.59. The van der Waals surface area contributed by atoms with Crippen LogP contribution in [0, 0.1) is 5.92 Å². The fraction of sp³-hybridized carbons (Fsp3) is 0.800. The Morgan fingerprint density at radius 2 is 2.25 bits per heavy atom. The molecule has 0 aromatic carbocycles. The second kappa shape index (κ2) is 6.06. The molecule has 0 aliphatic carbocycles.